The zero-order valence-corrected chi connectivity index (χ0v) is 17.8. The van der Waals surface area contributed by atoms with Crippen LogP contribution in [-0.4, -0.2) is 60.4 Å². The molecule has 0 spiro atoms. The van der Waals surface area contributed by atoms with E-state index in [1.165, 1.54) is 5.56 Å². The van der Waals surface area contributed by atoms with Gasteiger partial charge in [-0.15, -0.1) is 0 Å². The van der Waals surface area contributed by atoms with Crippen LogP contribution in [0.5, 0.6) is 0 Å². The summed E-state index contributed by atoms with van der Waals surface area (Å²) in [5.74, 6) is -0.168. The summed E-state index contributed by atoms with van der Waals surface area (Å²) in [6, 6.07) is 18.8. The van der Waals surface area contributed by atoms with Crippen molar-refractivity contribution in [3.63, 3.8) is 0 Å². The summed E-state index contributed by atoms with van der Waals surface area (Å²) in [5.41, 5.74) is 1.77. The number of rotatable bonds is 7. The van der Waals surface area contributed by atoms with Crippen LogP contribution in [0.2, 0.25) is 0 Å². The van der Waals surface area contributed by atoms with E-state index in [0.717, 1.165) is 19.6 Å². The molecule has 1 aliphatic heterocycles. The molecule has 2 amide bonds. The predicted octanol–water partition coefficient (Wildman–Crippen LogP) is 3.30. The number of carbonyl (C=O) groups excluding carboxylic acids is 2. The van der Waals surface area contributed by atoms with Gasteiger partial charge in [0.05, 0.1) is 0 Å². The van der Waals surface area contributed by atoms with Crippen molar-refractivity contribution >= 4 is 17.9 Å². The summed E-state index contributed by atoms with van der Waals surface area (Å²) in [6.45, 7) is 7.85. The molecule has 0 aliphatic carbocycles. The van der Waals surface area contributed by atoms with Gasteiger partial charge in [-0.2, -0.15) is 0 Å². The highest BCUT2D eigenvalue weighted by molar-refractivity contribution is 5.97. The number of benzene rings is 2. The van der Waals surface area contributed by atoms with Crippen molar-refractivity contribution in [3.8, 4) is 0 Å². The molecule has 1 fully saturated rings. The second kappa shape index (κ2) is 10.7. The molecule has 0 bridgehead atoms. The molecule has 0 saturated carbocycles. The van der Waals surface area contributed by atoms with Gasteiger partial charge in [0.25, 0.3) is 5.91 Å². The monoisotopic (exact) mass is 405 g/mol. The van der Waals surface area contributed by atoms with Gasteiger partial charge < -0.3 is 10.2 Å². The molecule has 3 rings (SSSR count). The SMILES string of the molecule is CC(C)C(NC(=O)c1ccccc1)C(=O)N1CCN(CC=Cc2ccccc2)CC1. The first-order valence-corrected chi connectivity index (χ1v) is 10.6. The van der Waals surface area contributed by atoms with Gasteiger partial charge in [-0.3, -0.25) is 14.5 Å². The van der Waals surface area contributed by atoms with Gasteiger partial charge in [0, 0.05) is 38.3 Å². The normalized spacial score (nSPS) is 16.0. The van der Waals surface area contributed by atoms with E-state index in [0.29, 0.717) is 18.7 Å². The molecule has 2 aromatic rings. The molecule has 1 aliphatic rings. The molecular formula is C25H31N3O2. The van der Waals surface area contributed by atoms with Crippen LogP contribution in [0.15, 0.2) is 66.7 Å². The predicted molar refractivity (Wildman–Crippen MR) is 121 cm³/mol. The van der Waals surface area contributed by atoms with Crippen LogP contribution in [0.4, 0.5) is 0 Å². The molecule has 158 valence electrons. The molecule has 5 heteroatoms. The third-order valence-corrected chi connectivity index (χ3v) is 5.41. The molecule has 1 heterocycles. The first kappa shape index (κ1) is 21.8. The Bertz CT molecular complexity index is 841. The van der Waals surface area contributed by atoms with E-state index in [2.05, 4.69) is 34.5 Å². The molecule has 1 saturated heterocycles. The number of carbonyl (C=O) groups is 2. The summed E-state index contributed by atoms with van der Waals surface area (Å²) < 4.78 is 0. The van der Waals surface area contributed by atoms with Gasteiger partial charge in [0.2, 0.25) is 5.91 Å². The largest absolute Gasteiger partial charge is 0.340 e. The van der Waals surface area contributed by atoms with E-state index in [1.807, 2.05) is 55.1 Å². The van der Waals surface area contributed by atoms with E-state index >= 15 is 0 Å². The van der Waals surface area contributed by atoms with Gasteiger partial charge in [-0.25, -0.2) is 0 Å². The third-order valence-electron chi connectivity index (χ3n) is 5.41. The van der Waals surface area contributed by atoms with Gasteiger partial charge in [-0.1, -0.05) is 74.5 Å². The van der Waals surface area contributed by atoms with Crippen LogP contribution in [0.25, 0.3) is 6.08 Å². The molecule has 30 heavy (non-hydrogen) atoms. The lowest BCUT2D eigenvalue weighted by atomic mass is 10.0. The Hall–Kier alpha value is -2.92. The molecule has 5 nitrogen and oxygen atoms in total. The summed E-state index contributed by atoms with van der Waals surface area (Å²) in [5, 5.41) is 2.94. The lowest BCUT2D eigenvalue weighted by molar-refractivity contribution is -0.136. The fraction of sp³-hybridized carbons (Fsp3) is 0.360. The molecule has 0 aromatic heterocycles. The topological polar surface area (TPSA) is 52.7 Å². The minimum Gasteiger partial charge on any atom is -0.340 e. The minimum atomic E-state index is -0.512. The summed E-state index contributed by atoms with van der Waals surface area (Å²) in [4.78, 5) is 29.9. The van der Waals surface area contributed by atoms with E-state index in [1.54, 1.807) is 12.1 Å². The smallest absolute Gasteiger partial charge is 0.251 e. The number of piperazine rings is 1. The summed E-state index contributed by atoms with van der Waals surface area (Å²) in [7, 11) is 0. The Kier molecular flexibility index (Phi) is 7.80. The lowest BCUT2D eigenvalue weighted by Gasteiger charge is -2.37. The lowest BCUT2D eigenvalue weighted by Crippen LogP contribution is -2.56. The Morgan fingerprint density at radius 3 is 2.13 bits per heavy atom. The Balaban J connectivity index is 1.51. The highest BCUT2D eigenvalue weighted by atomic mass is 16.2. The minimum absolute atomic E-state index is 0.00811. The number of amides is 2. The number of hydrogen-bond donors (Lipinski definition) is 1. The van der Waals surface area contributed by atoms with Crippen molar-refractivity contribution in [3.05, 3.63) is 77.9 Å². The van der Waals surface area contributed by atoms with Crippen molar-refractivity contribution < 1.29 is 9.59 Å². The van der Waals surface area contributed by atoms with E-state index < -0.39 is 6.04 Å². The Morgan fingerprint density at radius 2 is 1.53 bits per heavy atom. The maximum atomic E-state index is 13.1. The van der Waals surface area contributed by atoms with Crippen LogP contribution in [0, 0.1) is 5.92 Å². The van der Waals surface area contributed by atoms with Crippen molar-refractivity contribution in [1.29, 1.82) is 0 Å². The zero-order valence-electron chi connectivity index (χ0n) is 17.8. The molecule has 1 unspecified atom stereocenters. The van der Waals surface area contributed by atoms with Crippen molar-refractivity contribution in [2.24, 2.45) is 5.92 Å². The van der Waals surface area contributed by atoms with E-state index in [9.17, 15) is 9.59 Å². The van der Waals surface area contributed by atoms with E-state index in [4.69, 9.17) is 0 Å². The van der Waals surface area contributed by atoms with Gasteiger partial charge >= 0.3 is 0 Å². The van der Waals surface area contributed by atoms with Gasteiger partial charge in [-0.05, 0) is 23.6 Å². The zero-order chi connectivity index (χ0) is 21.3. The molecular weight excluding hydrogens is 374 g/mol. The standard InChI is InChI=1S/C25H31N3O2/c1-20(2)23(26-24(29)22-13-7-4-8-14-22)25(30)28-18-16-27(17-19-28)15-9-12-21-10-5-3-6-11-21/h3-14,20,23H,15-19H2,1-2H3,(H,26,29). The highest BCUT2D eigenvalue weighted by Gasteiger charge is 2.30. The summed E-state index contributed by atoms with van der Waals surface area (Å²) in [6.07, 6.45) is 4.30. The van der Waals surface area contributed by atoms with Crippen molar-refractivity contribution in [2.75, 3.05) is 32.7 Å². The number of hydrogen-bond acceptors (Lipinski definition) is 3. The molecule has 0 radical (unpaired) electrons. The number of nitrogens with zero attached hydrogens (tertiary/aromatic N) is 2. The molecule has 1 atom stereocenters. The van der Waals surface area contributed by atoms with Crippen LogP contribution in [-0.2, 0) is 4.79 Å². The first-order valence-electron chi connectivity index (χ1n) is 10.6. The maximum absolute atomic E-state index is 13.1. The number of nitrogens with one attached hydrogen (secondary N) is 1. The second-order valence-electron chi connectivity index (χ2n) is 8.00. The third kappa shape index (κ3) is 6.04. The summed E-state index contributed by atoms with van der Waals surface area (Å²) >= 11 is 0. The molecule has 2 aromatic carbocycles. The highest BCUT2D eigenvalue weighted by Crippen LogP contribution is 2.11. The van der Waals surface area contributed by atoms with Crippen molar-refractivity contribution in [2.45, 2.75) is 19.9 Å². The Morgan fingerprint density at radius 1 is 0.933 bits per heavy atom. The van der Waals surface area contributed by atoms with Gasteiger partial charge in [0.15, 0.2) is 0 Å². The van der Waals surface area contributed by atoms with Crippen molar-refractivity contribution in [1.82, 2.24) is 15.1 Å². The maximum Gasteiger partial charge on any atom is 0.251 e. The van der Waals surface area contributed by atoms with Crippen LogP contribution in [0.3, 0.4) is 0 Å². The van der Waals surface area contributed by atoms with E-state index in [-0.39, 0.29) is 17.7 Å². The average molecular weight is 406 g/mol. The first-order chi connectivity index (χ1) is 14.5. The van der Waals surface area contributed by atoms with Crippen LogP contribution in [0.1, 0.15) is 29.8 Å². The quantitative estimate of drug-likeness (QED) is 0.769. The molecule has 1 N–H and O–H groups in total. The fourth-order valence-electron chi connectivity index (χ4n) is 3.58. The van der Waals surface area contributed by atoms with Gasteiger partial charge in [0.1, 0.15) is 6.04 Å². The fourth-order valence-corrected chi connectivity index (χ4v) is 3.58. The average Bonchev–Trinajstić information content (AvgIpc) is 2.78. The van der Waals surface area contributed by atoms with Crippen LogP contribution < -0.4 is 5.32 Å². The Labute approximate surface area is 179 Å². The second-order valence-corrected chi connectivity index (χ2v) is 8.00. The van der Waals surface area contributed by atoms with Crippen LogP contribution >= 0.6 is 0 Å².